The van der Waals surface area contributed by atoms with Crippen molar-refractivity contribution in [2.24, 2.45) is 0 Å². The number of carbonyl (C=O) groups is 2. The first-order valence-electron chi connectivity index (χ1n) is 10.1. The van der Waals surface area contributed by atoms with Crippen molar-refractivity contribution in [3.8, 4) is 17.2 Å². The van der Waals surface area contributed by atoms with Crippen LogP contribution in [-0.2, 0) is 4.79 Å². The number of ether oxygens (including phenoxy) is 3. The molecule has 166 valence electrons. The monoisotopic (exact) mass is 434 g/mol. The molecule has 32 heavy (non-hydrogen) atoms. The number of anilines is 2. The molecule has 3 aromatic rings. The number of amides is 2. The third-order valence-corrected chi connectivity index (χ3v) is 4.70. The van der Waals surface area contributed by atoms with Crippen LogP contribution in [0.25, 0.3) is 0 Å². The molecule has 0 saturated heterocycles. The number of nitrogens with one attached hydrogen (secondary N) is 2. The van der Waals surface area contributed by atoms with Crippen molar-refractivity contribution >= 4 is 23.2 Å². The van der Waals surface area contributed by atoms with Crippen molar-refractivity contribution in [2.75, 3.05) is 31.5 Å². The van der Waals surface area contributed by atoms with E-state index in [0.29, 0.717) is 34.2 Å². The highest BCUT2D eigenvalue weighted by atomic mass is 16.5. The van der Waals surface area contributed by atoms with Crippen molar-refractivity contribution < 1.29 is 23.8 Å². The lowest BCUT2D eigenvalue weighted by molar-refractivity contribution is -0.116. The van der Waals surface area contributed by atoms with Crippen molar-refractivity contribution in [3.63, 3.8) is 0 Å². The number of rotatable bonds is 9. The van der Waals surface area contributed by atoms with Gasteiger partial charge in [0.25, 0.3) is 5.91 Å². The van der Waals surface area contributed by atoms with Crippen LogP contribution in [0.5, 0.6) is 17.2 Å². The zero-order valence-electron chi connectivity index (χ0n) is 18.3. The minimum Gasteiger partial charge on any atom is -0.494 e. The van der Waals surface area contributed by atoms with Crippen LogP contribution in [0.15, 0.2) is 66.7 Å². The van der Waals surface area contributed by atoms with Gasteiger partial charge in [0.2, 0.25) is 5.91 Å². The largest absolute Gasteiger partial charge is 0.494 e. The molecule has 0 aliphatic rings. The Balaban J connectivity index is 1.66. The van der Waals surface area contributed by atoms with Crippen LogP contribution in [-0.4, -0.2) is 32.6 Å². The lowest BCUT2D eigenvalue weighted by Gasteiger charge is -2.16. The third kappa shape index (κ3) is 6.01. The molecule has 0 atom stereocenters. The van der Waals surface area contributed by atoms with E-state index in [0.717, 1.165) is 5.56 Å². The van der Waals surface area contributed by atoms with Gasteiger partial charge in [0.05, 0.1) is 38.6 Å². The lowest BCUT2D eigenvalue weighted by atomic mass is 10.2. The maximum Gasteiger partial charge on any atom is 0.255 e. The van der Waals surface area contributed by atoms with Gasteiger partial charge in [-0.2, -0.15) is 0 Å². The van der Waals surface area contributed by atoms with Crippen LogP contribution in [0.3, 0.4) is 0 Å². The molecular formula is C25H26N2O5. The van der Waals surface area contributed by atoms with Crippen molar-refractivity contribution in [1.82, 2.24) is 0 Å². The minimum atomic E-state index is -0.281. The normalized spacial score (nSPS) is 10.2. The second-order valence-corrected chi connectivity index (χ2v) is 7.03. The zero-order valence-corrected chi connectivity index (χ0v) is 18.3. The van der Waals surface area contributed by atoms with Gasteiger partial charge >= 0.3 is 0 Å². The summed E-state index contributed by atoms with van der Waals surface area (Å²) in [5.41, 5.74) is 2.51. The number of methoxy groups -OCH3 is 2. The fourth-order valence-corrected chi connectivity index (χ4v) is 2.99. The fourth-order valence-electron chi connectivity index (χ4n) is 2.99. The predicted molar refractivity (Wildman–Crippen MR) is 124 cm³/mol. The van der Waals surface area contributed by atoms with Crippen LogP contribution < -0.4 is 24.8 Å². The van der Waals surface area contributed by atoms with Gasteiger partial charge in [-0.15, -0.1) is 0 Å². The average molecular weight is 434 g/mol. The smallest absolute Gasteiger partial charge is 0.255 e. The molecule has 0 saturated carbocycles. The van der Waals surface area contributed by atoms with Crippen molar-refractivity contribution in [1.29, 1.82) is 0 Å². The summed E-state index contributed by atoms with van der Waals surface area (Å²) in [4.78, 5) is 24.9. The molecule has 0 aliphatic heterocycles. The summed E-state index contributed by atoms with van der Waals surface area (Å²) in [5.74, 6) is 0.971. The number of hydrogen-bond acceptors (Lipinski definition) is 5. The van der Waals surface area contributed by atoms with Gasteiger partial charge in [-0.1, -0.05) is 35.9 Å². The molecular weight excluding hydrogens is 408 g/mol. The first kappa shape index (κ1) is 22.7. The highest BCUT2D eigenvalue weighted by Crippen LogP contribution is 2.36. The summed E-state index contributed by atoms with van der Waals surface area (Å²) in [6.07, 6.45) is 0.159. The molecule has 0 radical (unpaired) electrons. The van der Waals surface area contributed by atoms with E-state index < -0.39 is 0 Å². The molecule has 2 N–H and O–H groups in total. The van der Waals surface area contributed by atoms with Crippen molar-refractivity contribution in [3.05, 3.63) is 77.9 Å². The Labute approximate surface area is 187 Å². The molecule has 0 aromatic heterocycles. The molecule has 0 heterocycles. The Morgan fingerprint density at radius 3 is 2.00 bits per heavy atom. The molecule has 0 bridgehead atoms. The molecule has 0 aliphatic carbocycles. The van der Waals surface area contributed by atoms with Crippen LogP contribution >= 0.6 is 0 Å². The van der Waals surface area contributed by atoms with Gasteiger partial charge in [0.15, 0.2) is 0 Å². The van der Waals surface area contributed by atoms with Crippen LogP contribution in [0, 0.1) is 6.92 Å². The van der Waals surface area contributed by atoms with Gasteiger partial charge in [-0.05, 0) is 31.2 Å². The Morgan fingerprint density at radius 1 is 0.812 bits per heavy atom. The summed E-state index contributed by atoms with van der Waals surface area (Å²) in [6, 6.07) is 19.7. The van der Waals surface area contributed by atoms with Gasteiger partial charge in [-0.3, -0.25) is 9.59 Å². The average Bonchev–Trinajstić information content (AvgIpc) is 2.81. The minimum absolute atomic E-state index is 0.159. The van der Waals surface area contributed by atoms with Gasteiger partial charge in [0, 0.05) is 17.7 Å². The predicted octanol–water partition coefficient (Wildman–Crippen LogP) is 4.67. The molecule has 3 aromatic carbocycles. The van der Waals surface area contributed by atoms with E-state index in [1.165, 1.54) is 14.2 Å². The third-order valence-electron chi connectivity index (χ3n) is 4.70. The van der Waals surface area contributed by atoms with Gasteiger partial charge in [-0.25, -0.2) is 0 Å². The topological polar surface area (TPSA) is 85.9 Å². The first-order valence-corrected chi connectivity index (χ1v) is 10.1. The van der Waals surface area contributed by atoms with E-state index in [1.54, 1.807) is 36.4 Å². The van der Waals surface area contributed by atoms with E-state index in [-0.39, 0.29) is 24.8 Å². The number of hydrogen-bond donors (Lipinski definition) is 2. The fraction of sp³-hybridized carbons (Fsp3) is 0.200. The first-order chi connectivity index (χ1) is 15.5. The zero-order chi connectivity index (χ0) is 22.9. The second kappa shape index (κ2) is 10.9. The summed E-state index contributed by atoms with van der Waals surface area (Å²) in [7, 11) is 2.97. The standard InChI is InChI=1S/C25H26N2O5/c1-17-9-11-19(12-10-17)32-14-13-24(28)26-20-15-23(31-3)21(16-22(20)30-2)27-25(29)18-7-5-4-6-8-18/h4-12,15-16H,13-14H2,1-3H3,(H,26,28)(H,27,29). The van der Waals surface area contributed by atoms with E-state index >= 15 is 0 Å². The number of aryl methyl sites for hydroxylation is 1. The molecule has 0 fully saturated rings. The molecule has 7 heteroatoms. The van der Waals surface area contributed by atoms with Crippen LogP contribution in [0.1, 0.15) is 22.3 Å². The van der Waals surface area contributed by atoms with E-state index in [9.17, 15) is 9.59 Å². The molecule has 2 amide bonds. The van der Waals surface area contributed by atoms with E-state index in [1.807, 2.05) is 37.3 Å². The SMILES string of the molecule is COc1cc(NC(=O)c2ccccc2)c(OC)cc1NC(=O)CCOc1ccc(C)cc1. The Hall–Kier alpha value is -4.00. The molecule has 0 spiro atoms. The van der Waals surface area contributed by atoms with Crippen LogP contribution in [0.4, 0.5) is 11.4 Å². The number of benzene rings is 3. The second-order valence-electron chi connectivity index (χ2n) is 7.03. The van der Waals surface area contributed by atoms with E-state index in [4.69, 9.17) is 14.2 Å². The Kier molecular flexibility index (Phi) is 7.70. The molecule has 0 unspecified atom stereocenters. The summed E-state index contributed by atoms with van der Waals surface area (Å²) >= 11 is 0. The van der Waals surface area contributed by atoms with Gasteiger partial charge < -0.3 is 24.8 Å². The highest BCUT2D eigenvalue weighted by molar-refractivity contribution is 6.05. The molecule has 3 rings (SSSR count). The lowest BCUT2D eigenvalue weighted by Crippen LogP contribution is -2.16. The van der Waals surface area contributed by atoms with E-state index in [2.05, 4.69) is 10.6 Å². The highest BCUT2D eigenvalue weighted by Gasteiger charge is 2.16. The summed E-state index contributed by atoms with van der Waals surface area (Å²) < 4.78 is 16.4. The maximum absolute atomic E-state index is 12.5. The quantitative estimate of drug-likeness (QED) is 0.511. The Morgan fingerprint density at radius 2 is 1.41 bits per heavy atom. The molecule has 7 nitrogen and oxygen atoms in total. The summed E-state index contributed by atoms with van der Waals surface area (Å²) in [5, 5.41) is 5.62. The number of carbonyl (C=O) groups excluding carboxylic acids is 2. The maximum atomic E-state index is 12.5. The van der Waals surface area contributed by atoms with Crippen molar-refractivity contribution in [2.45, 2.75) is 13.3 Å². The summed E-state index contributed by atoms with van der Waals surface area (Å²) in [6.45, 7) is 2.23. The van der Waals surface area contributed by atoms with Gasteiger partial charge in [0.1, 0.15) is 17.2 Å². The van der Waals surface area contributed by atoms with Crippen LogP contribution in [0.2, 0.25) is 0 Å². The Bertz CT molecular complexity index is 1070.